The third-order valence-corrected chi connectivity index (χ3v) is 1.07. The van der Waals surface area contributed by atoms with Gasteiger partial charge in [0.05, 0.1) is 6.61 Å². The van der Waals surface area contributed by atoms with E-state index in [0.717, 1.165) is 0 Å². The fourth-order valence-electron chi connectivity index (χ4n) is 0.524. The smallest absolute Gasteiger partial charge is 0.500 e. The van der Waals surface area contributed by atoms with Gasteiger partial charge in [-0.2, -0.15) is 0 Å². The highest BCUT2D eigenvalue weighted by molar-refractivity contribution is 6.25. The van der Waals surface area contributed by atoms with Gasteiger partial charge in [-0.1, -0.05) is 0 Å². The maximum Gasteiger partial charge on any atom is 0.664 e. The second-order valence-corrected chi connectivity index (χ2v) is 2.27. The van der Waals surface area contributed by atoms with E-state index in [4.69, 9.17) is 4.74 Å². The zero-order valence-corrected chi connectivity index (χ0v) is 8.15. The first-order chi connectivity index (χ1) is 6.66. The average Bonchev–Trinajstić information content (AvgIpc) is 2.12. The van der Waals surface area contributed by atoms with Gasteiger partial charge >= 0.3 is 13.8 Å². The van der Waals surface area contributed by atoms with Crippen molar-refractivity contribution in [2.24, 2.45) is 0 Å². The molecule has 0 saturated carbocycles. The molecule has 6 nitrogen and oxygen atoms in total. The van der Waals surface area contributed by atoms with Crippen molar-refractivity contribution in [3.05, 3.63) is 0 Å². The minimum absolute atomic E-state index is 0.195. The fraction of sp³-hybridized carbons (Fsp3) is 0.714. The minimum Gasteiger partial charge on any atom is -0.500 e. The number of carbonyl (C=O) groups is 2. The Morgan fingerprint density at radius 3 is 2.50 bits per heavy atom. The zero-order valence-electron chi connectivity index (χ0n) is 8.15. The van der Waals surface area contributed by atoms with Gasteiger partial charge < -0.3 is 18.8 Å². The topological polar surface area (TPSA) is 71.1 Å². The third kappa shape index (κ3) is 8.86. The van der Waals surface area contributed by atoms with Crippen molar-refractivity contribution in [3.8, 4) is 0 Å². The van der Waals surface area contributed by atoms with Crippen LogP contribution in [0.15, 0.2) is 0 Å². The van der Waals surface area contributed by atoms with E-state index in [0.29, 0.717) is 20.7 Å². The highest BCUT2D eigenvalue weighted by Crippen LogP contribution is 1.88. The van der Waals surface area contributed by atoms with Crippen molar-refractivity contribution >= 4 is 19.8 Å². The van der Waals surface area contributed by atoms with Gasteiger partial charge in [0.1, 0.15) is 0 Å². The molecular weight excluding hydrogens is 191 g/mol. The maximum atomic E-state index is 10.7. The first-order valence-electron chi connectivity index (χ1n) is 3.98. The molecule has 0 aliphatic carbocycles. The first kappa shape index (κ1) is 12.8. The maximum absolute atomic E-state index is 10.7. The third-order valence-electron chi connectivity index (χ3n) is 1.07. The van der Waals surface area contributed by atoms with E-state index in [2.05, 4.69) is 14.0 Å². The summed E-state index contributed by atoms with van der Waals surface area (Å²) in [5.74, 6) is -0.572. The van der Waals surface area contributed by atoms with Crippen molar-refractivity contribution < 1.29 is 28.4 Å². The summed E-state index contributed by atoms with van der Waals surface area (Å²) in [6.45, 7) is 1.88. The number of rotatable bonds is 6. The van der Waals surface area contributed by atoms with Crippen LogP contribution >= 0.6 is 0 Å². The van der Waals surface area contributed by atoms with E-state index < -0.39 is 12.1 Å². The van der Waals surface area contributed by atoms with Gasteiger partial charge in [-0.05, 0) is 0 Å². The molecule has 0 rings (SSSR count). The molecule has 0 aromatic carbocycles. The van der Waals surface area contributed by atoms with Crippen LogP contribution in [0, 0.1) is 0 Å². The Hall–Kier alpha value is -1.24. The van der Waals surface area contributed by atoms with Crippen LogP contribution in [-0.2, 0) is 23.6 Å². The monoisotopic (exact) mass is 203 g/mol. The van der Waals surface area contributed by atoms with Gasteiger partial charge in [-0.25, -0.2) is 4.79 Å². The largest absolute Gasteiger partial charge is 0.664 e. The molecule has 0 heterocycles. The number of carbonyl (C=O) groups excluding carboxylic acids is 2. The first-order valence-corrected chi connectivity index (χ1v) is 3.98. The number of ether oxygens (including phenoxy) is 2. The summed E-state index contributed by atoms with van der Waals surface area (Å²) in [7, 11) is 2.17. The van der Waals surface area contributed by atoms with E-state index in [1.165, 1.54) is 6.92 Å². The predicted molar refractivity (Wildman–Crippen MR) is 46.4 cm³/mol. The zero-order chi connectivity index (χ0) is 10.8. The van der Waals surface area contributed by atoms with Gasteiger partial charge in [0.25, 0.3) is 5.97 Å². The molecule has 0 fully saturated rings. The van der Waals surface area contributed by atoms with Gasteiger partial charge in [0, 0.05) is 27.1 Å². The van der Waals surface area contributed by atoms with E-state index in [1.54, 1.807) is 7.11 Å². The molecule has 0 spiro atoms. The molecule has 7 heteroatoms. The summed E-state index contributed by atoms with van der Waals surface area (Å²) < 4.78 is 17.8. The van der Waals surface area contributed by atoms with Crippen LogP contribution in [0.2, 0.25) is 0 Å². The lowest BCUT2D eigenvalue weighted by molar-refractivity contribution is -0.132. The van der Waals surface area contributed by atoms with Crippen LogP contribution in [-0.4, -0.2) is 40.1 Å². The molecule has 0 bridgehead atoms. The number of hydrogen-bond donors (Lipinski definition) is 0. The van der Waals surface area contributed by atoms with Gasteiger partial charge in [-0.15, -0.1) is 0 Å². The van der Waals surface area contributed by atoms with Crippen molar-refractivity contribution in [2.45, 2.75) is 13.3 Å². The molecule has 14 heavy (non-hydrogen) atoms. The molecule has 0 saturated heterocycles. The van der Waals surface area contributed by atoms with Gasteiger partial charge in [0.2, 0.25) is 0 Å². The van der Waals surface area contributed by atoms with Gasteiger partial charge in [0.15, 0.2) is 0 Å². The van der Waals surface area contributed by atoms with E-state index >= 15 is 0 Å². The Morgan fingerprint density at radius 2 is 1.93 bits per heavy atom. The lowest BCUT2D eigenvalue weighted by Crippen LogP contribution is -2.16. The minimum atomic E-state index is -0.914. The van der Waals surface area contributed by atoms with Crippen LogP contribution in [0.1, 0.15) is 13.3 Å². The normalized spacial score (nSPS) is 9.00. The Balaban J connectivity index is 3.24. The molecular formula is C7H12BO6. The lowest BCUT2D eigenvalue weighted by Gasteiger charge is -2.03. The number of methoxy groups -OCH3 is 1. The molecule has 0 aromatic rings. The summed E-state index contributed by atoms with van der Waals surface area (Å²) >= 11 is 0. The Bertz CT molecular complexity index is 183. The van der Waals surface area contributed by atoms with Crippen LogP contribution in [0.5, 0.6) is 0 Å². The second-order valence-electron chi connectivity index (χ2n) is 2.27. The SMILES string of the molecule is COCCCOC(=O)O[B]OC(C)=O. The number of hydrogen-bond acceptors (Lipinski definition) is 6. The summed E-state index contributed by atoms with van der Waals surface area (Å²) in [6, 6.07) is 0. The Morgan fingerprint density at radius 1 is 1.21 bits per heavy atom. The quantitative estimate of drug-likeness (QED) is 0.350. The van der Waals surface area contributed by atoms with Crippen molar-refractivity contribution in [2.75, 3.05) is 20.3 Å². The van der Waals surface area contributed by atoms with Crippen molar-refractivity contribution in [1.82, 2.24) is 0 Å². The Labute approximate surface area is 82.8 Å². The van der Waals surface area contributed by atoms with E-state index in [9.17, 15) is 9.59 Å². The Kier molecular flexibility index (Phi) is 7.63. The van der Waals surface area contributed by atoms with Crippen molar-refractivity contribution in [3.63, 3.8) is 0 Å². The predicted octanol–water partition coefficient (Wildman–Crippen LogP) is 0.273. The van der Waals surface area contributed by atoms with E-state index in [-0.39, 0.29) is 6.61 Å². The summed E-state index contributed by atoms with van der Waals surface area (Å²) in [6.07, 6.45) is -0.332. The average molecular weight is 203 g/mol. The van der Waals surface area contributed by atoms with Crippen molar-refractivity contribution in [1.29, 1.82) is 0 Å². The molecule has 0 N–H and O–H groups in total. The van der Waals surface area contributed by atoms with Crippen LogP contribution in [0.3, 0.4) is 0 Å². The van der Waals surface area contributed by atoms with Crippen LogP contribution < -0.4 is 0 Å². The molecule has 0 aromatic heterocycles. The second kappa shape index (κ2) is 8.37. The molecule has 0 unspecified atom stereocenters. The summed E-state index contributed by atoms with van der Waals surface area (Å²) in [5.41, 5.74) is 0. The van der Waals surface area contributed by atoms with Crippen LogP contribution in [0.25, 0.3) is 0 Å². The molecule has 0 aliphatic heterocycles. The summed E-state index contributed by atoms with van der Waals surface area (Å²) in [5, 5.41) is 0. The molecule has 0 amide bonds. The molecule has 1 radical (unpaired) electrons. The van der Waals surface area contributed by atoms with Crippen LogP contribution in [0.4, 0.5) is 4.79 Å². The molecule has 0 atom stereocenters. The molecule has 79 valence electrons. The molecule has 0 aliphatic rings. The fourth-order valence-corrected chi connectivity index (χ4v) is 0.524. The van der Waals surface area contributed by atoms with E-state index in [1.807, 2.05) is 0 Å². The highest BCUT2D eigenvalue weighted by atomic mass is 16.7. The standard InChI is InChI=1S/C7H12BO6/c1-6(9)13-8-14-7(10)12-5-3-4-11-2/h3-5H2,1-2H3. The highest BCUT2D eigenvalue weighted by Gasteiger charge is 2.08. The van der Waals surface area contributed by atoms with Gasteiger partial charge in [-0.3, -0.25) is 4.79 Å². The lowest BCUT2D eigenvalue weighted by atomic mass is 10.4. The summed E-state index contributed by atoms with van der Waals surface area (Å²) in [4.78, 5) is 20.9.